The quantitative estimate of drug-likeness (QED) is 0.456. The fourth-order valence-corrected chi connectivity index (χ4v) is 4.22. The molecule has 3 aromatic rings. The van der Waals surface area contributed by atoms with Gasteiger partial charge in [0.1, 0.15) is 24.2 Å². The molecule has 6 heteroatoms. The molecule has 0 saturated heterocycles. The predicted octanol–water partition coefficient (Wildman–Crippen LogP) is 5.37. The average Bonchev–Trinajstić information content (AvgIpc) is 2.75. The molecule has 0 aliphatic carbocycles. The molecule has 0 aliphatic rings. The molecule has 1 N–H and O–H groups in total. The fourth-order valence-electron chi connectivity index (χ4n) is 3.05. The maximum atomic E-state index is 10.4. The van der Waals surface area contributed by atoms with Crippen molar-refractivity contribution in [1.82, 2.24) is 4.90 Å². The monoisotopic (exact) mass is 443 g/mol. The third-order valence-corrected chi connectivity index (χ3v) is 5.91. The van der Waals surface area contributed by atoms with Gasteiger partial charge in [0, 0.05) is 23.0 Å². The van der Waals surface area contributed by atoms with Crippen LogP contribution in [0.25, 0.3) is 0 Å². The number of hydrogen-bond acceptors (Lipinski definition) is 5. The minimum atomic E-state index is -0.597. The summed E-state index contributed by atoms with van der Waals surface area (Å²) in [5, 5.41) is 11.0. The summed E-state index contributed by atoms with van der Waals surface area (Å²) in [7, 11) is 3.68. The number of hydrogen-bond donors (Lipinski definition) is 1. The second kappa shape index (κ2) is 11.3. The van der Waals surface area contributed by atoms with E-state index in [4.69, 9.17) is 21.1 Å². The summed E-state index contributed by atoms with van der Waals surface area (Å²) in [6, 6.07) is 23.4. The highest BCUT2D eigenvalue weighted by molar-refractivity contribution is 7.99. The smallest absolute Gasteiger partial charge is 0.132 e. The Morgan fingerprint density at radius 2 is 1.63 bits per heavy atom. The molecule has 0 fully saturated rings. The highest BCUT2D eigenvalue weighted by Crippen LogP contribution is 2.36. The van der Waals surface area contributed by atoms with Crippen LogP contribution in [0.4, 0.5) is 0 Å². The number of methoxy groups -OCH3 is 1. The van der Waals surface area contributed by atoms with Gasteiger partial charge in [-0.25, -0.2) is 0 Å². The van der Waals surface area contributed by atoms with Crippen molar-refractivity contribution < 1.29 is 14.6 Å². The van der Waals surface area contributed by atoms with Crippen LogP contribution in [0, 0.1) is 0 Å². The van der Waals surface area contributed by atoms with Crippen molar-refractivity contribution in [2.24, 2.45) is 0 Å². The standard InChI is InChI=1S/C24H26ClNO3S/c1-26(16-20(27)17-29-21-13-11-19(25)12-14-21)15-18-7-3-5-9-23(18)30-24-10-6-4-8-22(24)28-2/h3-14,20,27H,15-17H2,1-2H3. The molecule has 0 amide bonds. The summed E-state index contributed by atoms with van der Waals surface area (Å²) >= 11 is 7.57. The van der Waals surface area contributed by atoms with Crippen LogP contribution in [-0.2, 0) is 6.54 Å². The number of rotatable bonds is 10. The molecule has 158 valence electrons. The Morgan fingerprint density at radius 1 is 0.967 bits per heavy atom. The number of para-hydroxylation sites is 1. The molecule has 0 aromatic heterocycles. The van der Waals surface area contributed by atoms with Crippen LogP contribution in [0.1, 0.15) is 5.56 Å². The summed E-state index contributed by atoms with van der Waals surface area (Å²) in [4.78, 5) is 4.34. The number of benzene rings is 3. The van der Waals surface area contributed by atoms with E-state index < -0.39 is 6.10 Å². The summed E-state index contributed by atoms with van der Waals surface area (Å²) in [5.41, 5.74) is 1.20. The van der Waals surface area contributed by atoms with Crippen LogP contribution < -0.4 is 9.47 Å². The number of aliphatic hydroxyl groups excluding tert-OH is 1. The first-order valence-electron chi connectivity index (χ1n) is 9.69. The Balaban J connectivity index is 1.57. The number of nitrogens with zero attached hydrogens (tertiary/aromatic N) is 1. The number of halogens is 1. The molecule has 0 aliphatic heterocycles. The lowest BCUT2D eigenvalue weighted by Gasteiger charge is -2.22. The van der Waals surface area contributed by atoms with Crippen molar-refractivity contribution >= 4 is 23.4 Å². The minimum absolute atomic E-state index is 0.226. The molecule has 1 unspecified atom stereocenters. The van der Waals surface area contributed by atoms with Crippen LogP contribution in [0.3, 0.4) is 0 Å². The molecule has 1 atom stereocenters. The van der Waals surface area contributed by atoms with Crippen molar-refractivity contribution in [3.63, 3.8) is 0 Å². The van der Waals surface area contributed by atoms with Gasteiger partial charge in [0.05, 0.1) is 12.0 Å². The van der Waals surface area contributed by atoms with Gasteiger partial charge in [0.15, 0.2) is 0 Å². The van der Waals surface area contributed by atoms with E-state index in [1.165, 1.54) is 10.5 Å². The lowest BCUT2D eigenvalue weighted by Crippen LogP contribution is -2.32. The lowest BCUT2D eigenvalue weighted by atomic mass is 10.2. The summed E-state index contributed by atoms with van der Waals surface area (Å²) in [6.07, 6.45) is -0.597. The SMILES string of the molecule is COc1ccccc1Sc1ccccc1CN(C)CC(O)COc1ccc(Cl)cc1. The van der Waals surface area contributed by atoms with Crippen LogP contribution in [0.5, 0.6) is 11.5 Å². The van der Waals surface area contributed by atoms with E-state index in [0.29, 0.717) is 17.3 Å². The van der Waals surface area contributed by atoms with Crippen molar-refractivity contribution in [1.29, 1.82) is 0 Å². The second-order valence-electron chi connectivity index (χ2n) is 6.98. The molecule has 0 bridgehead atoms. The Kier molecular flexibility index (Phi) is 8.46. The van der Waals surface area contributed by atoms with E-state index in [1.807, 2.05) is 37.4 Å². The van der Waals surface area contributed by atoms with E-state index in [1.54, 1.807) is 43.1 Å². The lowest BCUT2D eigenvalue weighted by molar-refractivity contribution is 0.0742. The molecule has 30 heavy (non-hydrogen) atoms. The molecule has 0 spiro atoms. The first kappa shape index (κ1) is 22.5. The third-order valence-electron chi connectivity index (χ3n) is 4.48. The largest absolute Gasteiger partial charge is 0.496 e. The van der Waals surface area contributed by atoms with E-state index in [-0.39, 0.29) is 6.61 Å². The number of likely N-dealkylation sites (N-methyl/N-ethyl adjacent to an activating group) is 1. The Bertz CT molecular complexity index is 936. The molecule has 0 heterocycles. The highest BCUT2D eigenvalue weighted by atomic mass is 35.5. The van der Waals surface area contributed by atoms with Crippen LogP contribution in [0.15, 0.2) is 82.6 Å². The molecule has 4 nitrogen and oxygen atoms in total. The van der Waals surface area contributed by atoms with Gasteiger partial charge in [-0.3, -0.25) is 4.90 Å². The van der Waals surface area contributed by atoms with Gasteiger partial charge >= 0.3 is 0 Å². The highest BCUT2D eigenvalue weighted by Gasteiger charge is 2.13. The van der Waals surface area contributed by atoms with E-state index in [2.05, 4.69) is 23.1 Å². The van der Waals surface area contributed by atoms with E-state index in [0.717, 1.165) is 17.2 Å². The van der Waals surface area contributed by atoms with Crippen LogP contribution in [0.2, 0.25) is 5.02 Å². The normalized spacial score (nSPS) is 12.0. The van der Waals surface area contributed by atoms with Gasteiger partial charge in [-0.2, -0.15) is 0 Å². The molecule has 0 saturated carbocycles. The zero-order valence-electron chi connectivity index (χ0n) is 17.1. The topological polar surface area (TPSA) is 41.9 Å². The predicted molar refractivity (Wildman–Crippen MR) is 123 cm³/mol. The number of ether oxygens (including phenoxy) is 2. The van der Waals surface area contributed by atoms with Gasteiger partial charge in [-0.05, 0) is 55.1 Å². The Hall–Kier alpha value is -2.18. The van der Waals surface area contributed by atoms with Gasteiger partial charge in [0.2, 0.25) is 0 Å². The Morgan fingerprint density at radius 3 is 2.37 bits per heavy atom. The Labute approximate surface area is 187 Å². The maximum Gasteiger partial charge on any atom is 0.132 e. The van der Waals surface area contributed by atoms with Gasteiger partial charge in [-0.1, -0.05) is 53.7 Å². The number of aliphatic hydroxyl groups is 1. The van der Waals surface area contributed by atoms with Crippen molar-refractivity contribution in [3.8, 4) is 11.5 Å². The van der Waals surface area contributed by atoms with Gasteiger partial charge in [-0.15, -0.1) is 0 Å². The molecular weight excluding hydrogens is 418 g/mol. The maximum absolute atomic E-state index is 10.4. The van der Waals surface area contributed by atoms with Crippen molar-refractivity contribution in [3.05, 3.63) is 83.4 Å². The van der Waals surface area contributed by atoms with Gasteiger partial charge in [0.25, 0.3) is 0 Å². The first-order chi connectivity index (χ1) is 14.5. The summed E-state index contributed by atoms with van der Waals surface area (Å²) in [6.45, 7) is 1.45. The van der Waals surface area contributed by atoms with Gasteiger partial charge < -0.3 is 14.6 Å². The molecule has 3 rings (SSSR count). The summed E-state index contributed by atoms with van der Waals surface area (Å²) < 4.78 is 11.1. The second-order valence-corrected chi connectivity index (χ2v) is 8.50. The molecule has 3 aromatic carbocycles. The van der Waals surface area contributed by atoms with Crippen molar-refractivity contribution in [2.75, 3.05) is 27.3 Å². The van der Waals surface area contributed by atoms with E-state index in [9.17, 15) is 5.11 Å². The minimum Gasteiger partial charge on any atom is -0.496 e. The summed E-state index contributed by atoms with van der Waals surface area (Å²) in [5.74, 6) is 1.56. The van der Waals surface area contributed by atoms with E-state index >= 15 is 0 Å². The zero-order chi connectivity index (χ0) is 21.3. The zero-order valence-corrected chi connectivity index (χ0v) is 18.7. The van der Waals surface area contributed by atoms with Crippen LogP contribution >= 0.6 is 23.4 Å². The third kappa shape index (κ3) is 6.67. The molecular formula is C24H26ClNO3S. The fraction of sp³-hybridized carbons (Fsp3) is 0.250. The molecule has 0 radical (unpaired) electrons. The first-order valence-corrected chi connectivity index (χ1v) is 10.9. The van der Waals surface area contributed by atoms with Crippen molar-refractivity contribution in [2.45, 2.75) is 22.4 Å². The van der Waals surface area contributed by atoms with Crippen LogP contribution in [-0.4, -0.2) is 43.4 Å². The average molecular weight is 444 g/mol.